The second kappa shape index (κ2) is 5.78. The summed E-state index contributed by atoms with van der Waals surface area (Å²) >= 11 is 6.06. The van der Waals surface area contributed by atoms with Crippen LogP contribution in [0.4, 0.5) is 4.39 Å². The molecule has 0 saturated carbocycles. The summed E-state index contributed by atoms with van der Waals surface area (Å²) in [6, 6.07) is 4.29. The van der Waals surface area contributed by atoms with Gasteiger partial charge in [0.05, 0.1) is 6.10 Å². The first kappa shape index (κ1) is 14.8. The second-order valence-corrected chi connectivity index (χ2v) is 6.21. The van der Waals surface area contributed by atoms with Crippen LogP contribution >= 0.6 is 11.6 Å². The fourth-order valence-corrected chi connectivity index (χ4v) is 2.86. The van der Waals surface area contributed by atoms with E-state index in [9.17, 15) is 9.50 Å². The number of hydrogen-bond acceptors (Lipinski definition) is 2. The molecule has 1 saturated heterocycles. The van der Waals surface area contributed by atoms with Crippen molar-refractivity contribution in [1.29, 1.82) is 0 Å². The fraction of sp³-hybridized carbons (Fsp3) is 0.600. The first-order valence-corrected chi connectivity index (χ1v) is 7.16. The average molecular weight is 286 g/mol. The summed E-state index contributed by atoms with van der Waals surface area (Å²) < 4.78 is 13.2. The fourth-order valence-electron chi connectivity index (χ4n) is 2.66. The molecule has 1 N–H and O–H groups in total. The maximum Gasteiger partial charge on any atom is 0.123 e. The summed E-state index contributed by atoms with van der Waals surface area (Å²) in [6.45, 7) is 6.11. The van der Waals surface area contributed by atoms with Crippen LogP contribution in [0.15, 0.2) is 18.2 Å². The molecule has 1 heterocycles. The maximum atomic E-state index is 13.2. The van der Waals surface area contributed by atoms with E-state index in [0.717, 1.165) is 13.1 Å². The SMILES string of the molecule is CC(C)(C(O)Cc1cc(F)ccc1Cl)N1CCCC1. The molecule has 2 rings (SSSR count). The molecule has 0 radical (unpaired) electrons. The van der Waals surface area contributed by atoms with Crippen molar-refractivity contribution in [2.45, 2.75) is 44.8 Å². The summed E-state index contributed by atoms with van der Waals surface area (Å²) in [5.74, 6) is -0.314. The first-order valence-electron chi connectivity index (χ1n) is 6.78. The number of rotatable bonds is 4. The molecule has 1 aromatic carbocycles. The first-order chi connectivity index (χ1) is 8.91. The van der Waals surface area contributed by atoms with Gasteiger partial charge in [-0.05, 0) is 63.5 Å². The van der Waals surface area contributed by atoms with Crippen LogP contribution in [0, 0.1) is 5.82 Å². The summed E-state index contributed by atoms with van der Waals surface area (Å²) in [5.41, 5.74) is 0.355. The third-order valence-electron chi connectivity index (χ3n) is 4.16. The predicted octanol–water partition coefficient (Wildman–Crippen LogP) is 3.26. The molecule has 1 fully saturated rings. The van der Waals surface area contributed by atoms with E-state index in [1.54, 1.807) is 6.07 Å². The van der Waals surface area contributed by atoms with Gasteiger partial charge in [0.15, 0.2) is 0 Å². The van der Waals surface area contributed by atoms with Crippen LogP contribution < -0.4 is 0 Å². The standard InChI is InChI=1S/C15H21ClFNO/c1-15(2,18-7-3-4-8-18)14(19)10-11-9-12(17)5-6-13(11)16/h5-6,9,14,19H,3-4,7-8,10H2,1-2H3. The molecule has 1 aromatic rings. The third-order valence-corrected chi connectivity index (χ3v) is 4.53. The topological polar surface area (TPSA) is 23.5 Å². The number of hydrogen-bond donors (Lipinski definition) is 1. The molecule has 0 aromatic heterocycles. The van der Waals surface area contributed by atoms with E-state index >= 15 is 0 Å². The number of benzene rings is 1. The van der Waals surface area contributed by atoms with E-state index in [2.05, 4.69) is 4.90 Å². The lowest BCUT2D eigenvalue weighted by molar-refractivity contribution is 0.00335. The number of likely N-dealkylation sites (tertiary alicyclic amines) is 1. The zero-order valence-electron chi connectivity index (χ0n) is 11.5. The van der Waals surface area contributed by atoms with Crippen LogP contribution in [0.2, 0.25) is 5.02 Å². The van der Waals surface area contributed by atoms with Gasteiger partial charge >= 0.3 is 0 Å². The van der Waals surface area contributed by atoms with Crippen LogP contribution in [0.25, 0.3) is 0 Å². The van der Waals surface area contributed by atoms with Gasteiger partial charge in [0.2, 0.25) is 0 Å². The molecule has 19 heavy (non-hydrogen) atoms. The van der Waals surface area contributed by atoms with Crippen LogP contribution in [0.5, 0.6) is 0 Å². The molecule has 4 heteroatoms. The van der Waals surface area contributed by atoms with E-state index in [1.165, 1.54) is 25.0 Å². The molecule has 1 unspecified atom stereocenters. The zero-order valence-corrected chi connectivity index (χ0v) is 12.3. The molecular weight excluding hydrogens is 265 g/mol. The van der Waals surface area contributed by atoms with E-state index in [4.69, 9.17) is 11.6 Å². The highest BCUT2D eigenvalue weighted by Crippen LogP contribution is 2.28. The lowest BCUT2D eigenvalue weighted by Gasteiger charge is -2.39. The maximum absolute atomic E-state index is 13.2. The van der Waals surface area contributed by atoms with Gasteiger partial charge in [-0.2, -0.15) is 0 Å². The van der Waals surface area contributed by atoms with Crippen LogP contribution in [0.1, 0.15) is 32.3 Å². The minimum atomic E-state index is -0.565. The van der Waals surface area contributed by atoms with Crippen molar-refractivity contribution in [2.75, 3.05) is 13.1 Å². The third kappa shape index (κ3) is 3.28. The Labute approximate surface area is 119 Å². The van der Waals surface area contributed by atoms with Gasteiger partial charge in [0, 0.05) is 17.0 Å². The second-order valence-electron chi connectivity index (χ2n) is 5.80. The van der Waals surface area contributed by atoms with Gasteiger partial charge in [-0.3, -0.25) is 4.90 Å². The van der Waals surface area contributed by atoms with Crippen molar-refractivity contribution < 1.29 is 9.50 Å². The quantitative estimate of drug-likeness (QED) is 0.918. The lowest BCUT2D eigenvalue weighted by Crippen LogP contribution is -2.51. The number of halogens is 2. The molecule has 106 valence electrons. The Morgan fingerprint density at radius 3 is 2.63 bits per heavy atom. The summed E-state index contributed by atoms with van der Waals surface area (Å²) in [4.78, 5) is 2.30. The van der Waals surface area contributed by atoms with Crippen molar-refractivity contribution in [2.24, 2.45) is 0 Å². The summed E-state index contributed by atoms with van der Waals surface area (Å²) in [5, 5.41) is 11.0. The summed E-state index contributed by atoms with van der Waals surface area (Å²) in [7, 11) is 0. The number of nitrogens with zero attached hydrogens (tertiary/aromatic N) is 1. The van der Waals surface area contributed by atoms with Crippen molar-refractivity contribution in [3.63, 3.8) is 0 Å². The van der Waals surface area contributed by atoms with Crippen LogP contribution in [-0.2, 0) is 6.42 Å². The normalized spacial score (nSPS) is 18.8. The highest BCUT2D eigenvalue weighted by Gasteiger charge is 2.35. The molecule has 0 bridgehead atoms. The van der Waals surface area contributed by atoms with E-state index in [-0.39, 0.29) is 11.4 Å². The average Bonchev–Trinajstić information content (AvgIpc) is 2.88. The lowest BCUT2D eigenvalue weighted by atomic mass is 9.90. The molecule has 1 aliphatic heterocycles. The minimum Gasteiger partial charge on any atom is -0.391 e. The largest absolute Gasteiger partial charge is 0.391 e. The molecule has 0 amide bonds. The molecule has 1 aliphatic rings. The Bertz CT molecular complexity index is 444. The van der Waals surface area contributed by atoms with Gasteiger partial charge < -0.3 is 5.11 Å². The summed E-state index contributed by atoms with van der Waals surface area (Å²) in [6.07, 6.45) is 2.17. The highest BCUT2D eigenvalue weighted by atomic mass is 35.5. The van der Waals surface area contributed by atoms with Crippen molar-refractivity contribution in [1.82, 2.24) is 4.90 Å². The van der Waals surface area contributed by atoms with Gasteiger partial charge in [0.1, 0.15) is 5.82 Å². The Balaban J connectivity index is 2.11. The minimum absolute atomic E-state index is 0.313. The Morgan fingerprint density at radius 2 is 2.00 bits per heavy atom. The van der Waals surface area contributed by atoms with Gasteiger partial charge in [-0.15, -0.1) is 0 Å². The van der Waals surface area contributed by atoms with Gasteiger partial charge in [-0.25, -0.2) is 4.39 Å². The van der Waals surface area contributed by atoms with Crippen LogP contribution in [-0.4, -0.2) is 34.7 Å². The van der Waals surface area contributed by atoms with Crippen molar-refractivity contribution >= 4 is 11.6 Å². The number of aliphatic hydroxyl groups is 1. The Hall–Kier alpha value is -0.640. The molecule has 2 nitrogen and oxygen atoms in total. The van der Waals surface area contributed by atoms with Gasteiger partial charge in [-0.1, -0.05) is 11.6 Å². The van der Waals surface area contributed by atoms with E-state index < -0.39 is 6.10 Å². The zero-order chi connectivity index (χ0) is 14.0. The highest BCUT2D eigenvalue weighted by molar-refractivity contribution is 6.31. The van der Waals surface area contributed by atoms with E-state index in [1.807, 2.05) is 13.8 Å². The molecule has 0 spiro atoms. The smallest absolute Gasteiger partial charge is 0.123 e. The van der Waals surface area contributed by atoms with Crippen molar-refractivity contribution in [3.05, 3.63) is 34.6 Å². The van der Waals surface area contributed by atoms with Crippen molar-refractivity contribution in [3.8, 4) is 0 Å². The number of aliphatic hydroxyl groups excluding tert-OH is 1. The predicted molar refractivity (Wildman–Crippen MR) is 76.0 cm³/mol. The molecular formula is C15H21ClFNO. The van der Waals surface area contributed by atoms with E-state index in [0.29, 0.717) is 17.0 Å². The Kier molecular flexibility index (Phi) is 4.49. The molecule has 0 aliphatic carbocycles. The Morgan fingerprint density at radius 1 is 1.37 bits per heavy atom. The monoisotopic (exact) mass is 285 g/mol. The van der Waals surface area contributed by atoms with Gasteiger partial charge in [0.25, 0.3) is 0 Å². The van der Waals surface area contributed by atoms with Crippen LogP contribution in [0.3, 0.4) is 0 Å². The molecule has 1 atom stereocenters.